The fourth-order valence-electron chi connectivity index (χ4n) is 1.49. The van der Waals surface area contributed by atoms with Gasteiger partial charge in [-0.05, 0) is 13.8 Å². The van der Waals surface area contributed by atoms with Gasteiger partial charge < -0.3 is 5.73 Å². The Bertz CT molecular complexity index is 475. The lowest BCUT2D eigenvalue weighted by atomic mass is 10.1. The third-order valence-corrected chi connectivity index (χ3v) is 2.29. The quantitative estimate of drug-likeness (QED) is 0.767. The highest BCUT2D eigenvalue weighted by atomic mass is 14.9. The van der Waals surface area contributed by atoms with E-state index in [1.54, 1.807) is 6.20 Å². The van der Waals surface area contributed by atoms with Crippen molar-refractivity contribution in [2.24, 2.45) is 0 Å². The molecule has 1 aromatic heterocycles. The van der Waals surface area contributed by atoms with E-state index >= 15 is 0 Å². The Labute approximate surface area is 89.0 Å². The van der Waals surface area contributed by atoms with Gasteiger partial charge in [0.2, 0.25) is 0 Å². The van der Waals surface area contributed by atoms with Gasteiger partial charge in [-0.2, -0.15) is 0 Å². The molecule has 0 aliphatic carbocycles. The molecule has 0 atom stereocenters. The van der Waals surface area contributed by atoms with Gasteiger partial charge in [-0.15, -0.1) is 0 Å². The minimum atomic E-state index is 0.461. The number of aryl methyl sites for hydroxylation is 2. The van der Waals surface area contributed by atoms with Crippen LogP contribution >= 0.6 is 0 Å². The summed E-state index contributed by atoms with van der Waals surface area (Å²) in [7, 11) is 0. The molecule has 2 aromatic rings. The second-order valence-electron chi connectivity index (χ2n) is 3.59. The topological polar surface area (TPSA) is 51.8 Å². The van der Waals surface area contributed by atoms with Crippen molar-refractivity contribution >= 4 is 5.82 Å². The number of nitrogens with zero attached hydrogens (tertiary/aromatic N) is 2. The summed E-state index contributed by atoms with van der Waals surface area (Å²) >= 11 is 0. The number of nitrogen functional groups attached to an aromatic ring is 1. The molecule has 0 saturated carbocycles. The van der Waals surface area contributed by atoms with E-state index in [9.17, 15) is 0 Å². The third-order valence-electron chi connectivity index (χ3n) is 2.29. The van der Waals surface area contributed by atoms with Gasteiger partial charge in [-0.1, -0.05) is 29.8 Å². The molecule has 1 aromatic carbocycles. The van der Waals surface area contributed by atoms with Crippen LogP contribution in [0.25, 0.3) is 11.3 Å². The zero-order chi connectivity index (χ0) is 10.8. The summed E-state index contributed by atoms with van der Waals surface area (Å²) in [6.45, 7) is 3.98. The highest BCUT2D eigenvalue weighted by molar-refractivity contribution is 5.62. The van der Waals surface area contributed by atoms with Crippen LogP contribution in [0.15, 0.2) is 30.5 Å². The largest absolute Gasteiger partial charge is 0.382 e. The minimum absolute atomic E-state index is 0.461. The average molecular weight is 199 g/mol. The first-order valence-electron chi connectivity index (χ1n) is 4.83. The maximum absolute atomic E-state index is 5.56. The Balaban J connectivity index is 2.49. The van der Waals surface area contributed by atoms with Crippen LogP contribution in [0.4, 0.5) is 5.82 Å². The van der Waals surface area contributed by atoms with Crippen LogP contribution < -0.4 is 5.73 Å². The Morgan fingerprint density at radius 3 is 2.33 bits per heavy atom. The Hall–Kier alpha value is -1.90. The number of rotatable bonds is 1. The normalized spacial score (nSPS) is 10.3. The van der Waals surface area contributed by atoms with Gasteiger partial charge in [0, 0.05) is 5.56 Å². The molecule has 0 aliphatic rings. The molecule has 0 unspecified atom stereocenters. The van der Waals surface area contributed by atoms with Gasteiger partial charge >= 0.3 is 0 Å². The van der Waals surface area contributed by atoms with E-state index in [0.29, 0.717) is 5.82 Å². The van der Waals surface area contributed by atoms with Gasteiger partial charge in [-0.25, -0.2) is 4.98 Å². The maximum Gasteiger partial charge on any atom is 0.142 e. The zero-order valence-corrected chi connectivity index (χ0v) is 8.86. The van der Waals surface area contributed by atoms with Crippen molar-refractivity contribution in [3.63, 3.8) is 0 Å². The minimum Gasteiger partial charge on any atom is -0.382 e. The zero-order valence-electron chi connectivity index (χ0n) is 8.86. The summed E-state index contributed by atoms with van der Waals surface area (Å²) in [6, 6.07) is 8.21. The fraction of sp³-hybridized carbons (Fsp3) is 0.167. The van der Waals surface area contributed by atoms with Crippen molar-refractivity contribution in [1.82, 2.24) is 9.97 Å². The molecule has 1 heterocycles. The molecule has 3 nitrogen and oxygen atoms in total. The number of anilines is 1. The number of hydrogen-bond donors (Lipinski definition) is 1. The van der Waals surface area contributed by atoms with Gasteiger partial charge in [-0.3, -0.25) is 4.98 Å². The monoisotopic (exact) mass is 199 g/mol. The predicted molar refractivity (Wildman–Crippen MR) is 61.4 cm³/mol. The molecule has 0 aliphatic heterocycles. The summed E-state index contributed by atoms with van der Waals surface area (Å²) in [6.07, 6.45) is 1.59. The molecular formula is C12H13N3. The van der Waals surface area contributed by atoms with Crippen LogP contribution in [0.2, 0.25) is 0 Å². The number of benzene rings is 1. The van der Waals surface area contributed by atoms with E-state index < -0.39 is 0 Å². The number of aromatic nitrogens is 2. The first-order chi connectivity index (χ1) is 7.16. The maximum atomic E-state index is 5.56. The lowest BCUT2D eigenvalue weighted by Gasteiger charge is -2.04. The molecular weight excluding hydrogens is 186 g/mol. The summed E-state index contributed by atoms with van der Waals surface area (Å²) < 4.78 is 0. The lowest BCUT2D eigenvalue weighted by molar-refractivity contribution is 1.13. The highest BCUT2D eigenvalue weighted by Crippen LogP contribution is 2.20. The summed E-state index contributed by atoms with van der Waals surface area (Å²) in [4.78, 5) is 8.48. The molecule has 2 rings (SSSR count). The van der Waals surface area contributed by atoms with Crippen LogP contribution in [-0.4, -0.2) is 9.97 Å². The molecule has 0 amide bonds. The summed E-state index contributed by atoms with van der Waals surface area (Å²) in [5.74, 6) is 0.461. The van der Waals surface area contributed by atoms with Crippen molar-refractivity contribution in [2.45, 2.75) is 13.8 Å². The van der Waals surface area contributed by atoms with Gasteiger partial charge in [0.25, 0.3) is 0 Å². The average Bonchev–Trinajstić information content (AvgIpc) is 2.20. The van der Waals surface area contributed by atoms with Crippen molar-refractivity contribution in [2.75, 3.05) is 5.73 Å². The summed E-state index contributed by atoms with van der Waals surface area (Å²) in [5.41, 5.74) is 9.62. The van der Waals surface area contributed by atoms with E-state index in [1.165, 1.54) is 5.56 Å². The van der Waals surface area contributed by atoms with Crippen molar-refractivity contribution in [3.8, 4) is 11.3 Å². The molecule has 0 spiro atoms. The Kier molecular flexibility index (Phi) is 2.37. The SMILES string of the molecule is Cc1ccc(-c2ncc(N)nc2C)cc1. The van der Waals surface area contributed by atoms with Crippen LogP contribution in [-0.2, 0) is 0 Å². The summed E-state index contributed by atoms with van der Waals surface area (Å²) in [5, 5.41) is 0. The van der Waals surface area contributed by atoms with Gasteiger partial charge in [0.15, 0.2) is 0 Å². The predicted octanol–water partition coefficient (Wildman–Crippen LogP) is 2.34. The van der Waals surface area contributed by atoms with Crippen LogP contribution in [0.3, 0.4) is 0 Å². The molecule has 0 saturated heterocycles. The van der Waals surface area contributed by atoms with Gasteiger partial charge in [0.1, 0.15) is 5.82 Å². The lowest BCUT2D eigenvalue weighted by Crippen LogP contribution is -1.97. The third kappa shape index (κ3) is 1.96. The van der Waals surface area contributed by atoms with Crippen molar-refractivity contribution < 1.29 is 0 Å². The smallest absolute Gasteiger partial charge is 0.142 e. The van der Waals surface area contributed by atoms with E-state index in [1.807, 2.05) is 19.1 Å². The van der Waals surface area contributed by atoms with Crippen molar-refractivity contribution in [3.05, 3.63) is 41.7 Å². The van der Waals surface area contributed by atoms with Crippen LogP contribution in [0, 0.1) is 13.8 Å². The number of nitrogens with two attached hydrogens (primary N) is 1. The first-order valence-corrected chi connectivity index (χ1v) is 4.83. The van der Waals surface area contributed by atoms with E-state index in [4.69, 9.17) is 5.73 Å². The van der Waals surface area contributed by atoms with Gasteiger partial charge in [0.05, 0.1) is 17.6 Å². The second kappa shape index (κ2) is 3.69. The highest BCUT2D eigenvalue weighted by Gasteiger charge is 2.04. The van der Waals surface area contributed by atoms with E-state index in [2.05, 4.69) is 29.0 Å². The second-order valence-corrected chi connectivity index (χ2v) is 3.59. The van der Waals surface area contributed by atoms with E-state index in [0.717, 1.165) is 17.0 Å². The Morgan fingerprint density at radius 2 is 1.73 bits per heavy atom. The molecule has 3 heteroatoms. The number of hydrogen-bond acceptors (Lipinski definition) is 3. The van der Waals surface area contributed by atoms with Crippen LogP contribution in [0.1, 0.15) is 11.3 Å². The van der Waals surface area contributed by atoms with Crippen molar-refractivity contribution in [1.29, 1.82) is 0 Å². The van der Waals surface area contributed by atoms with Crippen LogP contribution in [0.5, 0.6) is 0 Å². The molecule has 0 bridgehead atoms. The van der Waals surface area contributed by atoms with E-state index in [-0.39, 0.29) is 0 Å². The fourth-order valence-corrected chi connectivity index (χ4v) is 1.49. The first kappa shape index (κ1) is 9.65. The standard InChI is InChI=1S/C12H13N3/c1-8-3-5-10(6-4-8)12-9(2)15-11(13)7-14-12/h3-7H,1-2H3,(H2,13,15). The molecule has 0 fully saturated rings. The molecule has 15 heavy (non-hydrogen) atoms. The molecule has 2 N–H and O–H groups in total. The Morgan fingerprint density at radius 1 is 1.07 bits per heavy atom. The molecule has 76 valence electrons. The molecule has 0 radical (unpaired) electrons.